The molecule has 2 aliphatic carbocycles. The zero-order valence-corrected chi connectivity index (χ0v) is 18.3. The van der Waals surface area contributed by atoms with Gasteiger partial charge in [0.15, 0.2) is 19.9 Å². The van der Waals surface area contributed by atoms with Crippen molar-refractivity contribution in [3.8, 4) is 5.75 Å². The molecule has 0 radical (unpaired) electrons. The molecule has 2 aromatic rings. The molecule has 0 N–H and O–H groups in total. The van der Waals surface area contributed by atoms with E-state index in [-0.39, 0.29) is 23.9 Å². The maximum Gasteiger partial charge on any atom is 0.198 e. The first kappa shape index (κ1) is 19.8. The molecule has 0 bridgehead atoms. The molecule has 0 heterocycles. The predicted molar refractivity (Wildman–Crippen MR) is 115 cm³/mol. The molecular weight excluding hydrogens is 380 g/mol. The molecule has 0 saturated carbocycles. The highest BCUT2D eigenvalue weighted by atomic mass is 28.4. The molecule has 150 valence electrons. The third-order valence-electron chi connectivity index (χ3n) is 5.50. The molecular formula is C24H26O4Si. The van der Waals surface area contributed by atoms with Gasteiger partial charge in [0, 0.05) is 23.5 Å². The van der Waals surface area contributed by atoms with E-state index in [0.717, 1.165) is 11.1 Å². The fourth-order valence-corrected chi connectivity index (χ4v) is 5.67. The third-order valence-corrected chi connectivity index (χ3v) is 6.45. The van der Waals surface area contributed by atoms with Gasteiger partial charge in [0.25, 0.3) is 0 Å². The lowest BCUT2D eigenvalue weighted by Crippen LogP contribution is -2.50. The van der Waals surface area contributed by atoms with E-state index in [9.17, 15) is 9.59 Å². The van der Waals surface area contributed by atoms with Crippen molar-refractivity contribution in [2.45, 2.75) is 51.1 Å². The van der Waals surface area contributed by atoms with Gasteiger partial charge >= 0.3 is 0 Å². The second-order valence-electron chi connectivity index (χ2n) is 8.84. The summed E-state index contributed by atoms with van der Waals surface area (Å²) < 4.78 is 12.7. The second kappa shape index (κ2) is 7.08. The quantitative estimate of drug-likeness (QED) is 0.652. The number of rotatable bonds is 5. The van der Waals surface area contributed by atoms with Gasteiger partial charge in [-0.2, -0.15) is 0 Å². The summed E-state index contributed by atoms with van der Waals surface area (Å²) in [4.78, 5) is 26.2. The van der Waals surface area contributed by atoms with Crippen LogP contribution in [0.1, 0.15) is 40.7 Å². The minimum atomic E-state index is -2.08. The first-order valence-electron chi connectivity index (χ1n) is 9.98. The number of ketones is 2. The van der Waals surface area contributed by atoms with Crippen LogP contribution in [0.5, 0.6) is 5.75 Å². The Morgan fingerprint density at radius 3 is 2.45 bits per heavy atom. The molecule has 2 atom stereocenters. The Bertz CT molecular complexity index is 1000. The Labute approximate surface area is 172 Å². The van der Waals surface area contributed by atoms with Crippen molar-refractivity contribution in [2.24, 2.45) is 0 Å². The number of benzene rings is 2. The molecule has 4 rings (SSSR count). The molecule has 2 aromatic carbocycles. The van der Waals surface area contributed by atoms with Crippen LogP contribution in [-0.4, -0.2) is 25.5 Å². The fraction of sp³-hybridized carbons (Fsp3) is 0.333. The van der Waals surface area contributed by atoms with Gasteiger partial charge in [-0.1, -0.05) is 42.5 Å². The largest absolute Gasteiger partial charge is 0.489 e. The molecule has 29 heavy (non-hydrogen) atoms. The van der Waals surface area contributed by atoms with Crippen molar-refractivity contribution >= 4 is 19.9 Å². The van der Waals surface area contributed by atoms with E-state index in [1.165, 1.54) is 0 Å². The van der Waals surface area contributed by atoms with Gasteiger partial charge in [0.1, 0.15) is 18.0 Å². The number of fused-ring (bicyclic) bond motifs is 3. The number of carbonyl (C=O) groups excluding carboxylic acids is 2. The van der Waals surface area contributed by atoms with Crippen LogP contribution in [0.4, 0.5) is 0 Å². The van der Waals surface area contributed by atoms with Gasteiger partial charge in [-0.05, 0) is 49.8 Å². The zero-order chi connectivity index (χ0) is 20.8. The summed E-state index contributed by atoms with van der Waals surface area (Å²) in [6, 6.07) is 15.5. The van der Waals surface area contributed by atoms with Gasteiger partial charge in [-0.15, -0.1) is 0 Å². The van der Waals surface area contributed by atoms with E-state index < -0.39 is 13.9 Å². The number of Topliss-reactive ketones (excluding diaryl/α,β-unsaturated/α-hetero) is 2. The van der Waals surface area contributed by atoms with Crippen LogP contribution in [0.3, 0.4) is 0 Å². The van der Waals surface area contributed by atoms with Gasteiger partial charge in [-0.3, -0.25) is 9.59 Å². The molecule has 0 aromatic heterocycles. The van der Waals surface area contributed by atoms with E-state index in [0.29, 0.717) is 23.5 Å². The van der Waals surface area contributed by atoms with E-state index in [2.05, 4.69) is 19.6 Å². The Morgan fingerprint density at radius 2 is 1.76 bits per heavy atom. The maximum absolute atomic E-state index is 13.6. The first-order chi connectivity index (χ1) is 13.7. The van der Waals surface area contributed by atoms with Crippen molar-refractivity contribution in [1.29, 1.82) is 0 Å². The smallest absolute Gasteiger partial charge is 0.198 e. The number of ether oxygens (including phenoxy) is 1. The summed E-state index contributed by atoms with van der Waals surface area (Å²) in [6.07, 6.45) is 2.03. The van der Waals surface area contributed by atoms with Crippen LogP contribution >= 0.6 is 0 Å². The molecule has 5 heteroatoms. The average Bonchev–Trinajstić information content (AvgIpc) is 2.89. The monoisotopic (exact) mass is 406 g/mol. The third kappa shape index (κ3) is 3.49. The topological polar surface area (TPSA) is 52.6 Å². The van der Waals surface area contributed by atoms with Crippen molar-refractivity contribution in [3.63, 3.8) is 0 Å². The molecule has 0 saturated heterocycles. The standard InChI is InChI=1S/C24H26O4Si/c1-16-14-24(28-29(2,3)4)19(13-20(16)25)22-18(23(24)26)11-8-12-21(22)27-15-17-9-6-5-7-10-17/h5-12,14,19H,13,15H2,1-4H3/t19-,24+/m1/s1. The molecule has 0 spiro atoms. The summed E-state index contributed by atoms with van der Waals surface area (Å²) in [5.41, 5.74) is 1.97. The van der Waals surface area contributed by atoms with Gasteiger partial charge < -0.3 is 9.16 Å². The first-order valence-corrected chi connectivity index (χ1v) is 13.4. The van der Waals surface area contributed by atoms with E-state index in [4.69, 9.17) is 9.16 Å². The number of hydrogen-bond acceptors (Lipinski definition) is 4. The van der Waals surface area contributed by atoms with E-state index >= 15 is 0 Å². The van der Waals surface area contributed by atoms with Crippen molar-refractivity contribution in [2.75, 3.05) is 0 Å². The lowest BCUT2D eigenvalue weighted by Gasteiger charge is -2.40. The number of allylic oxidation sites excluding steroid dienone is 1. The highest BCUT2D eigenvalue weighted by Gasteiger charge is 2.58. The second-order valence-corrected chi connectivity index (χ2v) is 13.3. The van der Waals surface area contributed by atoms with Crippen LogP contribution in [0.25, 0.3) is 0 Å². The molecule has 0 unspecified atom stereocenters. The number of carbonyl (C=O) groups is 2. The molecule has 0 aliphatic heterocycles. The summed E-state index contributed by atoms with van der Waals surface area (Å²) in [5.74, 6) is 0.312. The molecule has 0 fully saturated rings. The fourth-order valence-electron chi connectivity index (χ4n) is 4.37. The van der Waals surface area contributed by atoms with Crippen LogP contribution in [-0.2, 0) is 15.8 Å². The van der Waals surface area contributed by atoms with Crippen LogP contribution < -0.4 is 4.74 Å². The molecule has 2 aliphatic rings. The lowest BCUT2D eigenvalue weighted by molar-refractivity contribution is -0.117. The van der Waals surface area contributed by atoms with E-state index in [1.807, 2.05) is 48.5 Å². The van der Waals surface area contributed by atoms with Crippen molar-refractivity contribution in [3.05, 3.63) is 76.9 Å². The Hall–Kier alpha value is -2.50. The summed E-state index contributed by atoms with van der Waals surface area (Å²) in [5, 5.41) is 0. The van der Waals surface area contributed by atoms with Crippen LogP contribution in [0.2, 0.25) is 19.6 Å². The van der Waals surface area contributed by atoms with Crippen LogP contribution in [0, 0.1) is 0 Å². The van der Waals surface area contributed by atoms with Crippen molar-refractivity contribution < 1.29 is 18.8 Å². The average molecular weight is 407 g/mol. The summed E-state index contributed by atoms with van der Waals surface area (Å²) >= 11 is 0. The molecule has 4 nitrogen and oxygen atoms in total. The van der Waals surface area contributed by atoms with E-state index in [1.54, 1.807) is 13.0 Å². The van der Waals surface area contributed by atoms with Crippen LogP contribution in [0.15, 0.2) is 60.2 Å². The predicted octanol–water partition coefficient (Wildman–Crippen LogP) is 5.05. The summed E-state index contributed by atoms with van der Waals surface area (Å²) in [6.45, 7) is 8.39. The Morgan fingerprint density at radius 1 is 1.03 bits per heavy atom. The minimum absolute atomic E-state index is 0.0584. The Balaban J connectivity index is 1.78. The normalized spacial score (nSPS) is 23.4. The Kier molecular flexibility index (Phi) is 4.83. The summed E-state index contributed by atoms with van der Waals surface area (Å²) in [7, 11) is -2.08. The zero-order valence-electron chi connectivity index (χ0n) is 17.3. The van der Waals surface area contributed by atoms with Gasteiger partial charge in [-0.25, -0.2) is 0 Å². The number of hydrogen-bond donors (Lipinski definition) is 0. The lowest BCUT2D eigenvalue weighted by atomic mass is 9.77. The molecule has 0 amide bonds. The van der Waals surface area contributed by atoms with Gasteiger partial charge in [0.2, 0.25) is 0 Å². The maximum atomic E-state index is 13.6. The SMILES string of the molecule is CC1=C[C@@]2(O[Si](C)(C)C)C(=O)c3cccc(OCc4ccccc4)c3[C@H]2CC1=O. The van der Waals surface area contributed by atoms with Crippen molar-refractivity contribution in [1.82, 2.24) is 0 Å². The van der Waals surface area contributed by atoms with Gasteiger partial charge in [0.05, 0.1) is 0 Å². The highest BCUT2D eigenvalue weighted by molar-refractivity contribution is 6.70. The minimum Gasteiger partial charge on any atom is -0.489 e. The highest BCUT2D eigenvalue weighted by Crippen LogP contribution is 2.53.